The number of amides is 1. The lowest BCUT2D eigenvalue weighted by molar-refractivity contribution is -0.126. The van der Waals surface area contributed by atoms with Crippen LogP contribution < -0.4 is 5.32 Å². The molecule has 0 radical (unpaired) electrons. The van der Waals surface area contributed by atoms with E-state index < -0.39 is 0 Å². The van der Waals surface area contributed by atoms with Crippen molar-refractivity contribution in [2.24, 2.45) is 17.8 Å². The van der Waals surface area contributed by atoms with Crippen LogP contribution in [0, 0.1) is 17.8 Å². The Balaban J connectivity index is 2.45. The van der Waals surface area contributed by atoms with E-state index >= 15 is 0 Å². The van der Waals surface area contributed by atoms with Gasteiger partial charge in [-0.25, -0.2) is 0 Å². The molecule has 13 heavy (non-hydrogen) atoms. The quantitative estimate of drug-likeness (QED) is 0.698. The number of hydrogen-bond donors (Lipinski definition) is 1. The van der Waals surface area contributed by atoms with Crippen molar-refractivity contribution in [1.82, 2.24) is 5.32 Å². The molecule has 1 rings (SSSR count). The highest BCUT2D eigenvalue weighted by Gasteiger charge is 2.28. The molecule has 2 nitrogen and oxygen atoms in total. The molecule has 0 aromatic heterocycles. The molecule has 0 heterocycles. The maximum Gasteiger partial charge on any atom is 0.223 e. The molecular formula is C11H21NO. The topological polar surface area (TPSA) is 29.1 Å². The van der Waals surface area contributed by atoms with Crippen LogP contribution in [0.3, 0.4) is 0 Å². The fourth-order valence-corrected chi connectivity index (χ4v) is 2.48. The number of rotatable bonds is 2. The Hall–Kier alpha value is -0.530. The smallest absolute Gasteiger partial charge is 0.223 e. The highest BCUT2D eigenvalue weighted by atomic mass is 16.1. The van der Waals surface area contributed by atoms with Crippen LogP contribution in [0.25, 0.3) is 0 Å². The highest BCUT2D eigenvalue weighted by Crippen LogP contribution is 2.32. The Morgan fingerprint density at radius 1 is 1.23 bits per heavy atom. The van der Waals surface area contributed by atoms with Gasteiger partial charge in [-0.05, 0) is 38.0 Å². The van der Waals surface area contributed by atoms with Crippen LogP contribution >= 0.6 is 0 Å². The Morgan fingerprint density at radius 3 is 2.23 bits per heavy atom. The van der Waals surface area contributed by atoms with E-state index in [9.17, 15) is 4.79 Å². The van der Waals surface area contributed by atoms with Gasteiger partial charge in [-0.15, -0.1) is 0 Å². The van der Waals surface area contributed by atoms with Crippen molar-refractivity contribution in [1.29, 1.82) is 0 Å². The summed E-state index contributed by atoms with van der Waals surface area (Å²) in [6.45, 7) is 7.25. The first kappa shape index (κ1) is 10.6. The van der Waals surface area contributed by atoms with Crippen LogP contribution in [0.1, 0.15) is 40.0 Å². The summed E-state index contributed by atoms with van der Waals surface area (Å²) in [4.78, 5) is 11.6. The first-order valence-corrected chi connectivity index (χ1v) is 5.41. The van der Waals surface area contributed by atoms with Gasteiger partial charge in [0.15, 0.2) is 0 Å². The maximum absolute atomic E-state index is 11.6. The second-order valence-electron chi connectivity index (χ2n) is 4.51. The fraction of sp³-hybridized carbons (Fsp3) is 0.909. The first-order chi connectivity index (χ1) is 6.13. The molecular weight excluding hydrogens is 162 g/mol. The van der Waals surface area contributed by atoms with Crippen molar-refractivity contribution in [3.05, 3.63) is 0 Å². The van der Waals surface area contributed by atoms with E-state index in [2.05, 4.69) is 19.2 Å². The van der Waals surface area contributed by atoms with E-state index in [-0.39, 0.29) is 11.8 Å². The second kappa shape index (κ2) is 4.64. The largest absolute Gasteiger partial charge is 0.356 e. The molecule has 0 saturated heterocycles. The maximum atomic E-state index is 11.6. The van der Waals surface area contributed by atoms with E-state index in [0.29, 0.717) is 0 Å². The molecule has 2 heteroatoms. The summed E-state index contributed by atoms with van der Waals surface area (Å²) in [5.41, 5.74) is 0. The Morgan fingerprint density at radius 2 is 1.77 bits per heavy atom. The minimum absolute atomic E-state index is 0.265. The summed E-state index contributed by atoms with van der Waals surface area (Å²) in [5.74, 6) is 1.98. The molecule has 1 N–H and O–H groups in total. The molecule has 2 unspecified atom stereocenters. The van der Waals surface area contributed by atoms with Crippen LogP contribution in [0.5, 0.6) is 0 Å². The molecule has 0 bridgehead atoms. The van der Waals surface area contributed by atoms with Crippen molar-refractivity contribution in [2.75, 3.05) is 6.54 Å². The van der Waals surface area contributed by atoms with Gasteiger partial charge in [0.2, 0.25) is 5.91 Å². The monoisotopic (exact) mass is 183 g/mol. The molecule has 0 aromatic rings. The molecule has 1 aliphatic rings. The number of carbonyl (C=O) groups is 1. The lowest BCUT2D eigenvalue weighted by atomic mass is 9.76. The van der Waals surface area contributed by atoms with Gasteiger partial charge in [-0.2, -0.15) is 0 Å². The molecule has 1 aliphatic carbocycles. The lowest BCUT2D eigenvalue weighted by Gasteiger charge is -2.30. The predicted molar refractivity (Wildman–Crippen MR) is 54.4 cm³/mol. The third kappa shape index (κ3) is 3.02. The predicted octanol–water partition coefficient (Wildman–Crippen LogP) is 2.19. The minimum atomic E-state index is 0.265. The van der Waals surface area contributed by atoms with Crippen molar-refractivity contribution in [3.8, 4) is 0 Å². The van der Waals surface area contributed by atoms with Crippen molar-refractivity contribution in [3.63, 3.8) is 0 Å². The van der Waals surface area contributed by atoms with Crippen LogP contribution in [-0.4, -0.2) is 12.5 Å². The van der Waals surface area contributed by atoms with Gasteiger partial charge in [0.1, 0.15) is 0 Å². The van der Waals surface area contributed by atoms with E-state index in [4.69, 9.17) is 0 Å². The second-order valence-corrected chi connectivity index (χ2v) is 4.51. The molecule has 1 saturated carbocycles. The Bertz CT molecular complexity index is 169. The van der Waals surface area contributed by atoms with E-state index in [1.165, 1.54) is 6.42 Å². The van der Waals surface area contributed by atoms with Crippen LogP contribution in [0.4, 0.5) is 0 Å². The third-order valence-electron chi connectivity index (χ3n) is 2.90. The first-order valence-electron chi connectivity index (χ1n) is 5.41. The summed E-state index contributed by atoms with van der Waals surface area (Å²) in [7, 11) is 0. The SMILES string of the molecule is CCNC(=O)C1CC(C)CC(C)C1. The zero-order chi connectivity index (χ0) is 9.84. The van der Waals surface area contributed by atoms with E-state index in [1.807, 2.05) is 6.92 Å². The molecule has 1 fully saturated rings. The van der Waals surface area contributed by atoms with E-state index in [1.54, 1.807) is 0 Å². The summed E-state index contributed by atoms with van der Waals surface area (Å²) in [5, 5.41) is 2.92. The highest BCUT2D eigenvalue weighted by molar-refractivity contribution is 5.78. The summed E-state index contributed by atoms with van der Waals surface area (Å²) < 4.78 is 0. The average molecular weight is 183 g/mol. The van der Waals surface area contributed by atoms with Gasteiger partial charge in [0.05, 0.1) is 0 Å². The van der Waals surface area contributed by atoms with Gasteiger partial charge in [0, 0.05) is 12.5 Å². The van der Waals surface area contributed by atoms with Crippen molar-refractivity contribution >= 4 is 5.91 Å². The zero-order valence-corrected chi connectivity index (χ0v) is 8.97. The van der Waals surface area contributed by atoms with Gasteiger partial charge in [-0.1, -0.05) is 13.8 Å². The molecule has 1 amide bonds. The summed E-state index contributed by atoms with van der Waals surface area (Å²) in [6.07, 6.45) is 3.45. The van der Waals surface area contributed by atoms with Gasteiger partial charge >= 0.3 is 0 Å². The normalized spacial score (nSPS) is 34.2. The molecule has 2 atom stereocenters. The van der Waals surface area contributed by atoms with Crippen molar-refractivity contribution < 1.29 is 4.79 Å². The minimum Gasteiger partial charge on any atom is -0.356 e. The van der Waals surface area contributed by atoms with Crippen LogP contribution in [-0.2, 0) is 4.79 Å². The number of nitrogens with one attached hydrogen (secondary N) is 1. The molecule has 76 valence electrons. The van der Waals surface area contributed by atoms with Crippen LogP contribution in [0.15, 0.2) is 0 Å². The third-order valence-corrected chi connectivity index (χ3v) is 2.90. The van der Waals surface area contributed by atoms with Gasteiger partial charge in [0.25, 0.3) is 0 Å². The molecule has 0 spiro atoms. The Kier molecular flexibility index (Phi) is 3.76. The number of hydrogen-bond acceptors (Lipinski definition) is 1. The molecule has 0 aliphatic heterocycles. The number of carbonyl (C=O) groups excluding carboxylic acids is 1. The lowest BCUT2D eigenvalue weighted by Crippen LogP contribution is -2.35. The zero-order valence-electron chi connectivity index (χ0n) is 8.97. The standard InChI is InChI=1S/C11H21NO/c1-4-12-11(13)10-6-8(2)5-9(3)7-10/h8-10H,4-7H2,1-3H3,(H,12,13). The Labute approximate surface area is 81.1 Å². The van der Waals surface area contributed by atoms with Gasteiger partial charge in [-0.3, -0.25) is 4.79 Å². The van der Waals surface area contributed by atoms with Gasteiger partial charge < -0.3 is 5.32 Å². The average Bonchev–Trinajstić information content (AvgIpc) is 2.03. The van der Waals surface area contributed by atoms with Crippen LogP contribution in [0.2, 0.25) is 0 Å². The molecule has 0 aromatic carbocycles. The summed E-state index contributed by atoms with van der Waals surface area (Å²) >= 11 is 0. The van der Waals surface area contributed by atoms with E-state index in [0.717, 1.165) is 31.2 Å². The fourth-order valence-electron chi connectivity index (χ4n) is 2.48. The summed E-state index contributed by atoms with van der Waals surface area (Å²) in [6, 6.07) is 0. The van der Waals surface area contributed by atoms with Crippen molar-refractivity contribution in [2.45, 2.75) is 40.0 Å².